The van der Waals surface area contributed by atoms with E-state index in [1.165, 1.54) is 57.8 Å². The van der Waals surface area contributed by atoms with E-state index in [0.29, 0.717) is 11.3 Å². The van der Waals surface area contributed by atoms with Crippen molar-refractivity contribution in [3.8, 4) is 0 Å². The van der Waals surface area contributed by atoms with Gasteiger partial charge in [-0.2, -0.15) is 0 Å². The van der Waals surface area contributed by atoms with E-state index >= 15 is 0 Å². The van der Waals surface area contributed by atoms with Crippen LogP contribution in [0.1, 0.15) is 117 Å². The van der Waals surface area contributed by atoms with Crippen molar-refractivity contribution in [2.45, 2.75) is 124 Å². The maximum Gasteiger partial charge on any atom is 0.331 e. The first-order valence-electron chi connectivity index (χ1n) is 18.2. The van der Waals surface area contributed by atoms with Gasteiger partial charge in [0.25, 0.3) is 11.4 Å². The molecule has 0 radical (unpaired) electrons. The number of carbonyl (C=O) groups is 2. The minimum atomic E-state index is -0.848. The zero-order valence-electron chi connectivity index (χ0n) is 29.4. The number of nitro benzene ring substituents is 2. The third kappa shape index (κ3) is 7.62. The molecule has 0 N–H and O–H groups in total. The molecule has 4 saturated carbocycles. The van der Waals surface area contributed by atoms with Crippen LogP contribution in [-0.4, -0.2) is 27.9 Å². The second kappa shape index (κ2) is 14.7. The Balaban J connectivity index is 1.12. The summed E-state index contributed by atoms with van der Waals surface area (Å²) in [6.45, 7) is 11.9. The number of fused-ring (bicyclic) bond motifs is 5. The maximum absolute atomic E-state index is 12.7. The SMILES string of the molecule is CC(C)CCCC(C)C1CCC2C3CCC4CC(OC(=O)/C=C/C(=O)OCc5cc([N+](=O)[O-])cc([N+](=O)[O-])c5)CCC4(C)C3CCC12C. The molecule has 0 spiro atoms. The zero-order chi connectivity index (χ0) is 34.8. The number of rotatable bonds is 12. The summed E-state index contributed by atoms with van der Waals surface area (Å²) >= 11 is 0. The molecular weight excluding hydrogens is 612 g/mol. The number of esters is 2. The number of hydrogen-bond donors (Lipinski definition) is 0. The van der Waals surface area contributed by atoms with Crippen LogP contribution in [0, 0.1) is 72.5 Å². The van der Waals surface area contributed by atoms with Crippen LogP contribution >= 0.6 is 0 Å². The van der Waals surface area contributed by atoms with E-state index in [2.05, 4.69) is 34.6 Å². The average molecular weight is 667 g/mol. The van der Waals surface area contributed by atoms with E-state index in [0.717, 1.165) is 85.1 Å². The molecule has 0 amide bonds. The minimum Gasteiger partial charge on any atom is -0.459 e. The van der Waals surface area contributed by atoms with Crippen molar-refractivity contribution in [1.29, 1.82) is 0 Å². The van der Waals surface area contributed by atoms with Crippen LogP contribution in [0.4, 0.5) is 11.4 Å². The monoisotopic (exact) mass is 666 g/mol. The Morgan fingerprint density at radius 2 is 1.50 bits per heavy atom. The van der Waals surface area contributed by atoms with Gasteiger partial charge < -0.3 is 9.47 Å². The third-order valence-corrected chi connectivity index (χ3v) is 13.2. The molecule has 264 valence electrons. The lowest BCUT2D eigenvalue weighted by molar-refractivity contribution is -0.394. The molecule has 48 heavy (non-hydrogen) atoms. The molecule has 4 fully saturated rings. The van der Waals surface area contributed by atoms with Gasteiger partial charge >= 0.3 is 11.9 Å². The van der Waals surface area contributed by atoms with E-state index in [1.807, 2.05) is 0 Å². The Morgan fingerprint density at radius 3 is 2.17 bits per heavy atom. The predicted octanol–water partition coefficient (Wildman–Crippen LogP) is 9.14. The largest absolute Gasteiger partial charge is 0.459 e. The van der Waals surface area contributed by atoms with E-state index in [9.17, 15) is 29.8 Å². The van der Waals surface area contributed by atoms with E-state index in [4.69, 9.17) is 9.47 Å². The molecule has 4 aliphatic carbocycles. The number of ether oxygens (including phenoxy) is 2. The third-order valence-electron chi connectivity index (χ3n) is 13.2. The first-order chi connectivity index (χ1) is 22.7. The van der Waals surface area contributed by atoms with Gasteiger partial charge in [-0.3, -0.25) is 20.2 Å². The van der Waals surface area contributed by atoms with Gasteiger partial charge in [0, 0.05) is 29.8 Å². The van der Waals surface area contributed by atoms with Gasteiger partial charge in [-0.1, -0.05) is 53.9 Å². The summed E-state index contributed by atoms with van der Waals surface area (Å²) in [6, 6.07) is 3.05. The van der Waals surface area contributed by atoms with Gasteiger partial charge in [0.1, 0.15) is 12.7 Å². The average Bonchev–Trinajstić information content (AvgIpc) is 3.40. The van der Waals surface area contributed by atoms with Gasteiger partial charge in [0.05, 0.1) is 15.9 Å². The Morgan fingerprint density at radius 1 is 0.854 bits per heavy atom. The molecule has 10 heteroatoms. The van der Waals surface area contributed by atoms with Crippen LogP contribution in [-0.2, 0) is 25.7 Å². The van der Waals surface area contributed by atoms with Crippen molar-refractivity contribution in [2.24, 2.45) is 52.3 Å². The summed E-state index contributed by atoms with van der Waals surface area (Å²) in [4.78, 5) is 45.6. The Hall–Kier alpha value is -3.30. The van der Waals surface area contributed by atoms with E-state index in [-0.39, 0.29) is 17.1 Å². The van der Waals surface area contributed by atoms with Gasteiger partial charge in [-0.05, 0) is 110 Å². The molecule has 0 heterocycles. The Bertz CT molecular complexity index is 1380. The molecule has 0 saturated heterocycles. The van der Waals surface area contributed by atoms with Crippen molar-refractivity contribution in [1.82, 2.24) is 0 Å². The zero-order valence-corrected chi connectivity index (χ0v) is 29.4. The number of hydrogen-bond acceptors (Lipinski definition) is 8. The molecule has 0 aliphatic heterocycles. The fraction of sp³-hybridized carbons (Fsp3) is 0.737. The van der Waals surface area contributed by atoms with Crippen LogP contribution in [0.15, 0.2) is 30.4 Å². The van der Waals surface area contributed by atoms with Crippen LogP contribution in [0.2, 0.25) is 0 Å². The number of nitro groups is 2. The number of carbonyl (C=O) groups excluding carboxylic acids is 2. The van der Waals surface area contributed by atoms with Gasteiger partial charge in [0.2, 0.25) is 0 Å². The second-order valence-electron chi connectivity index (χ2n) is 16.3. The molecule has 10 nitrogen and oxygen atoms in total. The topological polar surface area (TPSA) is 139 Å². The van der Waals surface area contributed by atoms with Gasteiger partial charge in [-0.15, -0.1) is 0 Å². The van der Waals surface area contributed by atoms with Crippen molar-refractivity contribution < 1.29 is 28.9 Å². The predicted molar refractivity (Wildman–Crippen MR) is 182 cm³/mol. The Kier molecular flexibility index (Phi) is 11.0. The summed E-state index contributed by atoms with van der Waals surface area (Å²) in [5.41, 5.74) is -0.104. The highest BCUT2D eigenvalue weighted by molar-refractivity contribution is 5.91. The molecule has 9 unspecified atom stereocenters. The minimum absolute atomic E-state index is 0.0993. The molecule has 0 bridgehead atoms. The second-order valence-corrected chi connectivity index (χ2v) is 16.3. The number of benzene rings is 1. The highest BCUT2D eigenvalue weighted by Gasteiger charge is 2.60. The highest BCUT2D eigenvalue weighted by atomic mass is 16.6. The summed E-state index contributed by atoms with van der Waals surface area (Å²) < 4.78 is 10.9. The van der Waals surface area contributed by atoms with Crippen molar-refractivity contribution in [3.05, 3.63) is 56.1 Å². The summed E-state index contributed by atoms with van der Waals surface area (Å²) in [7, 11) is 0. The lowest BCUT2D eigenvalue weighted by Gasteiger charge is -2.61. The van der Waals surface area contributed by atoms with Crippen molar-refractivity contribution >= 4 is 23.3 Å². The number of nitrogens with zero attached hydrogens (tertiary/aromatic N) is 2. The first-order valence-corrected chi connectivity index (χ1v) is 18.2. The molecule has 1 aromatic rings. The molecular formula is C38H54N2O8. The van der Waals surface area contributed by atoms with Crippen LogP contribution in [0.5, 0.6) is 0 Å². The fourth-order valence-corrected chi connectivity index (χ4v) is 10.8. The molecule has 5 rings (SSSR count). The maximum atomic E-state index is 12.7. The first kappa shape index (κ1) is 36.0. The van der Waals surface area contributed by atoms with Gasteiger partial charge in [-0.25, -0.2) is 9.59 Å². The lowest BCUT2D eigenvalue weighted by atomic mass is 9.44. The van der Waals surface area contributed by atoms with Gasteiger partial charge in [0.15, 0.2) is 0 Å². The molecule has 4 aliphatic rings. The van der Waals surface area contributed by atoms with E-state index in [1.54, 1.807) is 0 Å². The summed E-state index contributed by atoms with van der Waals surface area (Å²) in [5.74, 6) is 3.89. The summed E-state index contributed by atoms with van der Waals surface area (Å²) in [5, 5.41) is 22.2. The quantitative estimate of drug-likeness (QED) is 0.0931. The van der Waals surface area contributed by atoms with E-state index < -0.39 is 39.8 Å². The van der Waals surface area contributed by atoms with Crippen LogP contribution in [0.25, 0.3) is 0 Å². The standard InChI is InChI=1S/C38H54N2O8/c1-24(2)7-6-8-25(3)32-11-12-33-31-10-9-27-21-30(15-17-37(27,4)34(31)16-18-38(32,33)5)48-36(42)14-13-35(41)47-23-26-19-28(39(43)44)22-29(20-26)40(45)46/h13-14,19-20,22,24-25,27,30-34H,6-12,15-18,21,23H2,1-5H3/b14-13+. The molecule has 0 aromatic heterocycles. The highest BCUT2D eigenvalue weighted by Crippen LogP contribution is 2.68. The smallest absolute Gasteiger partial charge is 0.331 e. The van der Waals surface area contributed by atoms with Crippen LogP contribution < -0.4 is 0 Å². The van der Waals surface area contributed by atoms with Crippen molar-refractivity contribution in [3.63, 3.8) is 0 Å². The normalized spacial score (nSPS) is 33.4. The fourth-order valence-electron chi connectivity index (χ4n) is 10.8. The number of non-ortho nitro benzene ring substituents is 2. The van der Waals surface area contributed by atoms with Crippen LogP contribution in [0.3, 0.4) is 0 Å². The lowest BCUT2D eigenvalue weighted by Crippen LogP contribution is -2.54. The molecule has 1 aromatic carbocycles. The summed E-state index contributed by atoms with van der Waals surface area (Å²) in [6.07, 6.45) is 16.5. The van der Waals surface area contributed by atoms with Crippen molar-refractivity contribution in [2.75, 3.05) is 0 Å². The molecule has 9 atom stereocenters. The Labute approximate surface area is 284 Å².